The van der Waals surface area contributed by atoms with Crippen molar-refractivity contribution in [1.82, 2.24) is 5.32 Å². The third kappa shape index (κ3) is 11.4. The fraction of sp³-hybridized carbons (Fsp3) is 0.679. The van der Waals surface area contributed by atoms with Gasteiger partial charge in [0.25, 0.3) is 0 Å². The third-order valence-corrected chi connectivity index (χ3v) is 6.02. The predicted molar refractivity (Wildman–Crippen MR) is 143 cm³/mol. The molecule has 1 aromatic carbocycles. The van der Waals surface area contributed by atoms with Gasteiger partial charge in [0.15, 0.2) is 0 Å². The number of esters is 1. The number of benzene rings is 1. The molecule has 1 fully saturated rings. The van der Waals surface area contributed by atoms with Gasteiger partial charge in [0, 0.05) is 25.2 Å². The second kappa shape index (κ2) is 13.1. The largest absolute Gasteiger partial charge is 0.460 e. The van der Waals surface area contributed by atoms with Crippen LogP contribution >= 0.6 is 0 Å². The molecule has 1 aliphatic rings. The lowest BCUT2D eigenvalue weighted by Crippen LogP contribution is -2.45. The molecule has 1 aromatic rings. The van der Waals surface area contributed by atoms with E-state index in [2.05, 4.69) is 22.3 Å². The maximum absolute atomic E-state index is 12.4. The average Bonchev–Trinajstić information content (AvgIpc) is 2.78. The van der Waals surface area contributed by atoms with Gasteiger partial charge >= 0.3 is 12.1 Å². The van der Waals surface area contributed by atoms with Crippen molar-refractivity contribution in [1.29, 1.82) is 0 Å². The molecule has 2 amide bonds. The van der Waals surface area contributed by atoms with E-state index in [-0.39, 0.29) is 24.4 Å². The first-order valence-electron chi connectivity index (χ1n) is 13.1. The Morgan fingerprint density at radius 3 is 2.08 bits per heavy atom. The van der Waals surface area contributed by atoms with Gasteiger partial charge in [0.1, 0.15) is 11.2 Å². The lowest BCUT2D eigenvalue weighted by atomic mass is 9.96. The fourth-order valence-corrected chi connectivity index (χ4v) is 4.09. The Bertz CT molecular complexity index is 896. The quantitative estimate of drug-likeness (QED) is 0.442. The molecule has 208 valence electrons. The maximum atomic E-state index is 12.4. The third-order valence-electron chi connectivity index (χ3n) is 6.02. The summed E-state index contributed by atoms with van der Waals surface area (Å²) in [5, 5.41) is 2.81. The summed E-state index contributed by atoms with van der Waals surface area (Å²) in [4.78, 5) is 38.2. The molecule has 1 heterocycles. The first-order valence-corrected chi connectivity index (χ1v) is 13.1. The van der Waals surface area contributed by atoms with Crippen LogP contribution in [0.1, 0.15) is 79.7 Å². The van der Waals surface area contributed by atoms with E-state index in [1.54, 1.807) is 20.8 Å². The summed E-state index contributed by atoms with van der Waals surface area (Å²) in [6.45, 7) is 14.9. The van der Waals surface area contributed by atoms with E-state index in [1.807, 2.05) is 39.8 Å². The van der Waals surface area contributed by atoms with Crippen LogP contribution in [0, 0.1) is 5.92 Å². The van der Waals surface area contributed by atoms with Crippen LogP contribution in [-0.2, 0) is 30.4 Å². The highest BCUT2D eigenvalue weighted by atomic mass is 16.6. The van der Waals surface area contributed by atoms with Gasteiger partial charge in [0.2, 0.25) is 5.91 Å². The van der Waals surface area contributed by atoms with Gasteiger partial charge < -0.3 is 30.2 Å². The van der Waals surface area contributed by atoms with E-state index in [1.165, 1.54) is 0 Å². The minimum atomic E-state index is -0.630. The molecule has 0 spiro atoms. The number of nitrogens with two attached hydrogens (primary N) is 1. The van der Waals surface area contributed by atoms with Crippen LogP contribution in [0.5, 0.6) is 0 Å². The molecule has 1 aliphatic heterocycles. The number of rotatable bonds is 10. The van der Waals surface area contributed by atoms with Crippen molar-refractivity contribution in [3.05, 3.63) is 29.8 Å². The van der Waals surface area contributed by atoms with Gasteiger partial charge in [-0.05, 0) is 85.4 Å². The lowest BCUT2D eigenvalue weighted by molar-refractivity contribution is -0.160. The SMILES string of the molecule is C[C@@H](OCc1ccc(N2CCC(C(=O)OC(C)(C)C)CC2)cc1)C(CCC(N)=O)NC(=O)OC(C)(C)C. The van der Waals surface area contributed by atoms with Crippen molar-refractivity contribution in [3.63, 3.8) is 0 Å². The van der Waals surface area contributed by atoms with Crippen LogP contribution in [0.25, 0.3) is 0 Å². The second-order valence-corrected chi connectivity index (χ2v) is 11.7. The summed E-state index contributed by atoms with van der Waals surface area (Å²) >= 11 is 0. The molecular formula is C28H45N3O6. The Morgan fingerprint density at radius 1 is 1.00 bits per heavy atom. The fourth-order valence-electron chi connectivity index (χ4n) is 4.09. The Morgan fingerprint density at radius 2 is 1.57 bits per heavy atom. The number of primary amides is 1. The Balaban J connectivity index is 1.88. The van der Waals surface area contributed by atoms with Gasteiger partial charge in [-0.2, -0.15) is 0 Å². The number of amides is 2. The van der Waals surface area contributed by atoms with E-state index >= 15 is 0 Å². The molecule has 3 N–H and O–H groups in total. The number of hydrogen-bond donors (Lipinski definition) is 2. The molecule has 0 saturated carbocycles. The van der Waals surface area contributed by atoms with E-state index in [0.717, 1.165) is 37.2 Å². The first kappa shape index (κ1) is 30.4. The average molecular weight is 520 g/mol. The molecule has 1 unspecified atom stereocenters. The van der Waals surface area contributed by atoms with Crippen LogP contribution in [-0.4, -0.2) is 54.4 Å². The molecular weight excluding hydrogens is 474 g/mol. The lowest BCUT2D eigenvalue weighted by Gasteiger charge is -2.34. The molecule has 0 aromatic heterocycles. The maximum Gasteiger partial charge on any atom is 0.407 e. The molecule has 9 heteroatoms. The molecule has 2 rings (SSSR count). The number of nitrogens with one attached hydrogen (secondary N) is 1. The van der Waals surface area contributed by atoms with Crippen molar-refractivity contribution in [2.24, 2.45) is 11.7 Å². The minimum absolute atomic E-state index is 0.0542. The minimum Gasteiger partial charge on any atom is -0.460 e. The summed E-state index contributed by atoms with van der Waals surface area (Å²) in [5.41, 5.74) is 6.31. The van der Waals surface area contributed by atoms with Gasteiger partial charge in [0.05, 0.1) is 24.7 Å². The molecule has 0 aliphatic carbocycles. The Labute approximate surface area is 221 Å². The van der Waals surface area contributed by atoms with Gasteiger partial charge in [-0.15, -0.1) is 0 Å². The van der Waals surface area contributed by atoms with Gasteiger partial charge in [-0.1, -0.05) is 12.1 Å². The summed E-state index contributed by atoms with van der Waals surface area (Å²) in [6, 6.07) is 7.72. The van der Waals surface area contributed by atoms with Crippen molar-refractivity contribution >= 4 is 23.7 Å². The summed E-state index contributed by atoms with van der Waals surface area (Å²) < 4.78 is 16.9. The number of carbonyl (C=O) groups is 3. The van der Waals surface area contributed by atoms with Crippen LogP contribution < -0.4 is 16.0 Å². The number of piperidine rings is 1. The zero-order valence-electron chi connectivity index (χ0n) is 23.5. The van der Waals surface area contributed by atoms with Crippen LogP contribution in [0.3, 0.4) is 0 Å². The predicted octanol–water partition coefficient (Wildman–Crippen LogP) is 4.31. The van der Waals surface area contributed by atoms with Gasteiger partial charge in [-0.25, -0.2) is 4.79 Å². The molecule has 9 nitrogen and oxygen atoms in total. The Hall–Kier alpha value is -2.81. The molecule has 0 radical (unpaired) electrons. The highest BCUT2D eigenvalue weighted by molar-refractivity contribution is 5.74. The number of nitrogens with zero attached hydrogens (tertiary/aromatic N) is 1. The first-order chi connectivity index (χ1) is 17.1. The Kier molecular flexibility index (Phi) is 10.8. The monoisotopic (exact) mass is 519 g/mol. The van der Waals surface area contributed by atoms with E-state index in [9.17, 15) is 14.4 Å². The highest BCUT2D eigenvalue weighted by Crippen LogP contribution is 2.26. The highest BCUT2D eigenvalue weighted by Gasteiger charge is 2.29. The number of ether oxygens (including phenoxy) is 3. The van der Waals surface area contributed by atoms with Gasteiger partial charge in [-0.3, -0.25) is 9.59 Å². The number of anilines is 1. The molecule has 0 bridgehead atoms. The molecule has 1 saturated heterocycles. The topological polar surface area (TPSA) is 120 Å². The van der Waals surface area contributed by atoms with Crippen molar-refractivity contribution in [3.8, 4) is 0 Å². The van der Waals surface area contributed by atoms with Crippen molar-refractivity contribution in [2.75, 3.05) is 18.0 Å². The van der Waals surface area contributed by atoms with Crippen molar-refractivity contribution < 1.29 is 28.6 Å². The van der Waals surface area contributed by atoms with Crippen LogP contribution in [0.15, 0.2) is 24.3 Å². The number of carbonyl (C=O) groups excluding carboxylic acids is 3. The molecule has 37 heavy (non-hydrogen) atoms. The van der Waals surface area contributed by atoms with Crippen molar-refractivity contribution in [2.45, 2.75) is 104 Å². The van der Waals surface area contributed by atoms with E-state index in [4.69, 9.17) is 19.9 Å². The second-order valence-electron chi connectivity index (χ2n) is 11.7. The number of hydrogen-bond acceptors (Lipinski definition) is 7. The standard InChI is InChI=1S/C28H45N3O6/c1-19(23(12-13-24(29)32)30-26(34)37-28(5,6)7)35-18-20-8-10-22(11-9-20)31-16-14-21(15-17-31)25(33)36-27(2,3)4/h8-11,19,21,23H,12-18H2,1-7H3,(H2,29,32)(H,30,34)/t19-,23?/m1/s1. The normalized spacial score (nSPS) is 16.6. The van der Waals surface area contributed by atoms with Crippen LogP contribution in [0.4, 0.5) is 10.5 Å². The van der Waals surface area contributed by atoms with E-state index < -0.39 is 29.2 Å². The zero-order valence-corrected chi connectivity index (χ0v) is 23.5. The summed E-state index contributed by atoms with van der Waals surface area (Å²) in [5.74, 6) is -0.598. The summed E-state index contributed by atoms with van der Waals surface area (Å²) in [6.07, 6.45) is 1.11. The molecule has 2 atom stereocenters. The van der Waals surface area contributed by atoms with Crippen LogP contribution in [0.2, 0.25) is 0 Å². The number of alkyl carbamates (subject to hydrolysis) is 1. The summed E-state index contributed by atoms with van der Waals surface area (Å²) in [7, 11) is 0. The van der Waals surface area contributed by atoms with E-state index in [0.29, 0.717) is 13.0 Å². The zero-order chi connectivity index (χ0) is 27.8. The smallest absolute Gasteiger partial charge is 0.407 e.